The topological polar surface area (TPSA) is 66.4 Å². The lowest BCUT2D eigenvalue weighted by Gasteiger charge is -2.36. The summed E-state index contributed by atoms with van der Waals surface area (Å²) in [6, 6.07) is 12.6. The molecule has 1 heterocycles. The van der Waals surface area contributed by atoms with E-state index in [1.165, 1.54) is 11.1 Å². The first-order valence-electron chi connectivity index (χ1n) is 14.4. The van der Waals surface area contributed by atoms with Crippen LogP contribution in [0.3, 0.4) is 0 Å². The maximum absolute atomic E-state index is 10.7. The van der Waals surface area contributed by atoms with Gasteiger partial charge in [0.15, 0.2) is 0 Å². The molecule has 0 aromatic heterocycles. The van der Waals surface area contributed by atoms with Crippen molar-refractivity contribution in [3.63, 3.8) is 0 Å². The molecule has 0 amide bonds. The fourth-order valence-electron chi connectivity index (χ4n) is 4.36. The predicted molar refractivity (Wildman–Crippen MR) is 171 cm³/mol. The smallest absolute Gasteiger partial charge is 0.397 e. The molecule has 1 unspecified atom stereocenters. The van der Waals surface area contributed by atoms with E-state index in [9.17, 15) is 4.89 Å². The maximum Gasteiger partial charge on any atom is 0.397 e. The first kappa shape index (κ1) is 34.2. The second-order valence-corrected chi connectivity index (χ2v) is 17.8. The van der Waals surface area contributed by atoms with Gasteiger partial charge in [0, 0.05) is 16.5 Å². The summed E-state index contributed by atoms with van der Waals surface area (Å²) >= 11 is 0. The van der Waals surface area contributed by atoms with Crippen LogP contribution in [0.15, 0.2) is 36.4 Å². The molecule has 8 heteroatoms. The van der Waals surface area contributed by atoms with Gasteiger partial charge in [-0.15, -0.1) is 0 Å². The van der Waals surface area contributed by atoms with E-state index >= 15 is 0 Å². The van der Waals surface area contributed by atoms with E-state index in [1.807, 2.05) is 19.1 Å². The highest BCUT2D eigenvalue weighted by Crippen LogP contribution is 2.50. The number of benzene rings is 2. The zero-order chi connectivity index (χ0) is 31.0. The molecule has 1 aliphatic rings. The molecule has 1 saturated heterocycles. The fourth-order valence-corrected chi connectivity index (χ4v) is 6.49. The molecule has 1 atom stereocenters. The third kappa shape index (κ3) is 9.36. The van der Waals surface area contributed by atoms with Crippen molar-refractivity contribution in [1.82, 2.24) is 0 Å². The van der Waals surface area contributed by atoms with Crippen molar-refractivity contribution in [2.75, 3.05) is 19.8 Å². The van der Waals surface area contributed by atoms with Crippen LogP contribution < -0.4 is 9.05 Å². The normalized spacial score (nSPS) is 21.5. The molecule has 1 fully saturated rings. The predicted octanol–water partition coefficient (Wildman–Crippen LogP) is 9.85. The molecule has 0 saturated carbocycles. The molecule has 41 heavy (non-hydrogen) atoms. The van der Waals surface area contributed by atoms with E-state index in [0.29, 0.717) is 19.0 Å². The Hall–Kier alpha value is -1.26. The second kappa shape index (κ2) is 12.4. The number of hydrogen-bond donors (Lipinski definition) is 1. The summed E-state index contributed by atoms with van der Waals surface area (Å²) in [4.78, 5) is 10.7. The molecule has 230 valence electrons. The summed E-state index contributed by atoms with van der Waals surface area (Å²) in [5.74, 6) is 1.43. The number of rotatable bonds is 7. The van der Waals surface area contributed by atoms with Crippen molar-refractivity contribution < 1.29 is 27.5 Å². The highest BCUT2D eigenvalue weighted by atomic mass is 31.2. The zero-order valence-corrected chi connectivity index (χ0v) is 29.3. The van der Waals surface area contributed by atoms with Crippen molar-refractivity contribution in [1.29, 1.82) is 0 Å². The van der Waals surface area contributed by atoms with Gasteiger partial charge in [-0.1, -0.05) is 114 Å². The Bertz CT molecular complexity index is 1180. The third-order valence-corrected chi connectivity index (χ3v) is 8.95. The summed E-state index contributed by atoms with van der Waals surface area (Å²) in [6.07, 6.45) is 0. The molecule has 0 spiro atoms. The molecule has 0 bridgehead atoms. The van der Waals surface area contributed by atoms with E-state index in [-0.39, 0.29) is 28.3 Å². The second-order valence-electron chi connectivity index (χ2n) is 15.7. The van der Waals surface area contributed by atoms with Crippen LogP contribution in [0.1, 0.15) is 112 Å². The van der Waals surface area contributed by atoms with Gasteiger partial charge in [0.1, 0.15) is 11.5 Å². The molecule has 0 radical (unpaired) electrons. The summed E-state index contributed by atoms with van der Waals surface area (Å²) in [5.41, 5.74) is 4.03. The van der Waals surface area contributed by atoms with E-state index in [1.54, 1.807) is 0 Å². The van der Waals surface area contributed by atoms with Gasteiger partial charge in [0.2, 0.25) is 0 Å². The molecule has 2 aromatic rings. The van der Waals surface area contributed by atoms with Crippen LogP contribution in [-0.4, -0.2) is 24.7 Å². The summed E-state index contributed by atoms with van der Waals surface area (Å²) < 4.78 is 30.1. The first-order valence-corrected chi connectivity index (χ1v) is 16.6. The molecule has 1 N–H and O–H groups in total. The standard InChI is InChI=1S/C33H52O6P2/c1-29(2,3)23-14-16-27(25(18-23)31(7,8)9)38-40(34)35-20-33(13)21-36-41(37-22-33)39-28-17-15-24(30(4,5)6)19-26(28)32(10,11)12/h14-19,34H,20-22H2,1-13H3. The quantitative estimate of drug-likeness (QED) is 0.317. The highest BCUT2D eigenvalue weighted by molar-refractivity contribution is 7.42. The molecule has 1 aliphatic heterocycles. The maximum atomic E-state index is 10.7. The van der Waals surface area contributed by atoms with Gasteiger partial charge in [-0.25, -0.2) is 0 Å². The van der Waals surface area contributed by atoms with Crippen LogP contribution >= 0.6 is 17.2 Å². The Balaban J connectivity index is 1.61. The molecular formula is C33H52O6P2. The van der Waals surface area contributed by atoms with Gasteiger partial charge < -0.3 is 27.5 Å². The van der Waals surface area contributed by atoms with Crippen molar-refractivity contribution in [3.8, 4) is 11.5 Å². The average molecular weight is 607 g/mol. The monoisotopic (exact) mass is 606 g/mol. The van der Waals surface area contributed by atoms with E-state index < -0.39 is 22.6 Å². The lowest BCUT2D eigenvalue weighted by molar-refractivity contribution is -0.00235. The summed E-state index contributed by atoms with van der Waals surface area (Å²) in [5, 5.41) is 0. The fraction of sp³-hybridized carbons (Fsp3) is 0.636. The third-order valence-electron chi connectivity index (χ3n) is 7.22. The minimum Gasteiger partial charge on any atom is -0.427 e. The SMILES string of the molecule is CC1(COP(O)Oc2ccc(C(C)(C)C)cc2C(C)(C)C)COP(Oc2ccc(C(C)(C)C)cc2C(C)(C)C)OC1. The van der Waals surface area contributed by atoms with Gasteiger partial charge in [0.25, 0.3) is 0 Å². The molecule has 3 rings (SSSR count). The lowest BCUT2D eigenvalue weighted by Crippen LogP contribution is -2.36. The van der Waals surface area contributed by atoms with Crippen LogP contribution in [0.5, 0.6) is 11.5 Å². The summed E-state index contributed by atoms with van der Waals surface area (Å²) in [7, 11) is -3.68. The highest BCUT2D eigenvalue weighted by Gasteiger charge is 2.37. The Morgan fingerprint density at radius 2 is 1.17 bits per heavy atom. The van der Waals surface area contributed by atoms with Gasteiger partial charge in [0.05, 0.1) is 19.8 Å². The van der Waals surface area contributed by atoms with Crippen LogP contribution in [0.2, 0.25) is 0 Å². The lowest BCUT2D eigenvalue weighted by atomic mass is 9.80. The van der Waals surface area contributed by atoms with Gasteiger partial charge in [-0.3, -0.25) is 0 Å². The van der Waals surface area contributed by atoms with Gasteiger partial charge in [-0.2, -0.15) is 0 Å². The van der Waals surface area contributed by atoms with Crippen molar-refractivity contribution in [2.24, 2.45) is 5.41 Å². The first-order chi connectivity index (χ1) is 18.6. The van der Waals surface area contributed by atoms with Crippen LogP contribution in [0.4, 0.5) is 0 Å². The Labute approximate surface area is 251 Å². The Morgan fingerprint density at radius 3 is 1.61 bits per heavy atom. The Morgan fingerprint density at radius 1 is 0.732 bits per heavy atom. The van der Waals surface area contributed by atoms with E-state index in [0.717, 1.165) is 16.9 Å². The Kier molecular flexibility index (Phi) is 10.3. The van der Waals surface area contributed by atoms with E-state index in [4.69, 9.17) is 22.6 Å². The zero-order valence-electron chi connectivity index (χ0n) is 27.5. The largest absolute Gasteiger partial charge is 0.427 e. The minimum atomic E-state index is -2.13. The average Bonchev–Trinajstić information content (AvgIpc) is 2.82. The van der Waals surface area contributed by atoms with Crippen LogP contribution in [0.25, 0.3) is 0 Å². The summed E-state index contributed by atoms with van der Waals surface area (Å²) in [6.45, 7) is 29.2. The van der Waals surface area contributed by atoms with Gasteiger partial charge >= 0.3 is 17.2 Å². The molecule has 0 aliphatic carbocycles. The molecule has 6 nitrogen and oxygen atoms in total. The van der Waals surface area contributed by atoms with Crippen molar-refractivity contribution in [2.45, 2.75) is 112 Å². The van der Waals surface area contributed by atoms with Gasteiger partial charge in [-0.05, 0) is 44.9 Å². The van der Waals surface area contributed by atoms with Crippen LogP contribution in [-0.2, 0) is 35.2 Å². The van der Waals surface area contributed by atoms with Crippen molar-refractivity contribution in [3.05, 3.63) is 58.7 Å². The molecule has 2 aromatic carbocycles. The van der Waals surface area contributed by atoms with Crippen molar-refractivity contribution >= 4 is 17.2 Å². The number of hydrogen-bond acceptors (Lipinski definition) is 6. The van der Waals surface area contributed by atoms with E-state index in [2.05, 4.69) is 107 Å². The molecular weight excluding hydrogens is 554 g/mol. The minimum absolute atomic E-state index is 0.0157. The van der Waals surface area contributed by atoms with Crippen LogP contribution in [0, 0.1) is 5.41 Å².